The molecule has 0 fully saturated rings. The van der Waals surface area contributed by atoms with Crippen LogP contribution in [0.3, 0.4) is 0 Å². The Morgan fingerprint density at radius 3 is 2.67 bits per heavy atom. The molecule has 6 heteroatoms. The Kier molecular flexibility index (Phi) is 5.92. The highest BCUT2D eigenvalue weighted by Crippen LogP contribution is 2.26. The van der Waals surface area contributed by atoms with Crippen molar-refractivity contribution in [2.75, 3.05) is 5.75 Å². The van der Waals surface area contributed by atoms with E-state index in [1.165, 1.54) is 11.8 Å². The van der Waals surface area contributed by atoms with E-state index in [-0.39, 0.29) is 11.5 Å². The Balaban J connectivity index is 1.56. The number of carbonyl (C=O) groups is 1. The average molecular weight is 413 g/mol. The van der Waals surface area contributed by atoms with Crippen molar-refractivity contribution >= 4 is 28.4 Å². The summed E-state index contributed by atoms with van der Waals surface area (Å²) in [5, 5.41) is 10.4. The standard InChI is InChI=1S/C24H20N4OS/c1-17-14-21(18-8-3-2-4-9-18)27-24(26-17)30-16-23(29)20-15-28(13-7-12-25)22-11-6-5-10-19(20)22/h2-6,8-11,14-15H,7,13,16H2,1H3. The zero-order valence-corrected chi connectivity index (χ0v) is 17.4. The highest BCUT2D eigenvalue weighted by molar-refractivity contribution is 7.99. The Morgan fingerprint density at radius 1 is 1.10 bits per heavy atom. The van der Waals surface area contributed by atoms with E-state index in [9.17, 15) is 4.79 Å². The highest BCUT2D eigenvalue weighted by Gasteiger charge is 2.16. The van der Waals surface area contributed by atoms with E-state index in [4.69, 9.17) is 5.26 Å². The van der Waals surface area contributed by atoms with Crippen molar-refractivity contribution < 1.29 is 4.79 Å². The molecule has 0 aliphatic heterocycles. The normalized spacial score (nSPS) is 10.8. The van der Waals surface area contributed by atoms with Gasteiger partial charge in [-0.3, -0.25) is 4.79 Å². The van der Waals surface area contributed by atoms with E-state index in [1.807, 2.05) is 78.4 Å². The quantitative estimate of drug-likeness (QED) is 0.234. The van der Waals surface area contributed by atoms with E-state index < -0.39 is 0 Å². The third-order valence-electron chi connectivity index (χ3n) is 4.79. The van der Waals surface area contributed by atoms with E-state index >= 15 is 0 Å². The average Bonchev–Trinajstić information content (AvgIpc) is 3.15. The van der Waals surface area contributed by atoms with Gasteiger partial charge in [-0.25, -0.2) is 9.97 Å². The van der Waals surface area contributed by atoms with Crippen LogP contribution < -0.4 is 0 Å². The minimum absolute atomic E-state index is 0.0262. The Bertz CT molecular complexity index is 1240. The molecule has 2 aromatic carbocycles. The first kappa shape index (κ1) is 19.9. The number of rotatable bonds is 7. The van der Waals surface area contributed by atoms with Gasteiger partial charge in [-0.05, 0) is 19.1 Å². The minimum atomic E-state index is 0.0262. The molecule has 30 heavy (non-hydrogen) atoms. The maximum absolute atomic E-state index is 13.0. The predicted molar refractivity (Wildman–Crippen MR) is 119 cm³/mol. The van der Waals surface area contributed by atoms with Crippen LogP contribution >= 0.6 is 11.8 Å². The molecule has 0 amide bonds. The first-order valence-corrected chi connectivity index (χ1v) is 10.7. The summed E-state index contributed by atoms with van der Waals surface area (Å²) in [6.45, 7) is 2.50. The predicted octanol–water partition coefficient (Wildman–Crippen LogP) is 5.30. The third kappa shape index (κ3) is 4.27. The van der Waals surface area contributed by atoms with Crippen molar-refractivity contribution in [1.82, 2.24) is 14.5 Å². The Morgan fingerprint density at radius 2 is 1.87 bits per heavy atom. The molecule has 4 aromatic rings. The van der Waals surface area contributed by atoms with Crippen molar-refractivity contribution in [1.29, 1.82) is 5.26 Å². The molecule has 0 spiro atoms. The molecule has 0 radical (unpaired) electrons. The van der Waals surface area contributed by atoms with Gasteiger partial charge in [-0.2, -0.15) is 5.26 Å². The second kappa shape index (κ2) is 8.93. The van der Waals surface area contributed by atoms with Gasteiger partial charge in [-0.15, -0.1) is 0 Å². The number of carbonyl (C=O) groups excluding carboxylic acids is 1. The topological polar surface area (TPSA) is 71.6 Å². The van der Waals surface area contributed by atoms with Gasteiger partial charge in [0.05, 0.1) is 23.9 Å². The molecular weight excluding hydrogens is 392 g/mol. The zero-order chi connectivity index (χ0) is 20.9. The van der Waals surface area contributed by atoms with E-state index in [2.05, 4.69) is 16.0 Å². The van der Waals surface area contributed by atoms with Gasteiger partial charge in [0.15, 0.2) is 10.9 Å². The number of hydrogen-bond donors (Lipinski definition) is 0. The number of aryl methyl sites for hydroxylation is 2. The molecule has 0 unspecified atom stereocenters. The fraction of sp³-hybridized carbons (Fsp3) is 0.167. The molecule has 148 valence electrons. The van der Waals surface area contributed by atoms with Gasteiger partial charge in [0, 0.05) is 40.5 Å². The molecule has 0 aliphatic carbocycles. The number of hydrogen-bond acceptors (Lipinski definition) is 5. The zero-order valence-electron chi connectivity index (χ0n) is 16.6. The minimum Gasteiger partial charge on any atom is -0.346 e. The van der Waals surface area contributed by atoms with Crippen LogP contribution in [0, 0.1) is 18.3 Å². The van der Waals surface area contributed by atoms with Crippen molar-refractivity contribution in [3.05, 3.63) is 78.1 Å². The number of nitrogens with zero attached hydrogens (tertiary/aromatic N) is 4. The van der Waals surface area contributed by atoms with Crippen LogP contribution in [0.15, 0.2) is 72.0 Å². The van der Waals surface area contributed by atoms with Crippen LogP contribution in [0.4, 0.5) is 0 Å². The van der Waals surface area contributed by atoms with Crippen molar-refractivity contribution in [2.24, 2.45) is 0 Å². The molecule has 5 nitrogen and oxygen atoms in total. The van der Waals surface area contributed by atoms with Crippen molar-refractivity contribution in [3.63, 3.8) is 0 Å². The molecule has 2 aromatic heterocycles. The summed E-state index contributed by atoms with van der Waals surface area (Å²) >= 11 is 1.35. The summed E-state index contributed by atoms with van der Waals surface area (Å²) in [4.78, 5) is 22.1. The van der Waals surface area contributed by atoms with Crippen LogP contribution in [0.2, 0.25) is 0 Å². The molecule has 2 heterocycles. The van der Waals surface area contributed by atoms with Crippen LogP contribution in [0.1, 0.15) is 22.5 Å². The lowest BCUT2D eigenvalue weighted by Gasteiger charge is -2.06. The van der Waals surface area contributed by atoms with Crippen molar-refractivity contribution in [3.8, 4) is 17.3 Å². The van der Waals surface area contributed by atoms with Gasteiger partial charge in [0.1, 0.15) is 0 Å². The first-order chi connectivity index (χ1) is 14.7. The maximum atomic E-state index is 13.0. The highest BCUT2D eigenvalue weighted by atomic mass is 32.2. The van der Waals surface area contributed by atoms with Crippen LogP contribution in [0.25, 0.3) is 22.2 Å². The molecule has 4 rings (SSSR count). The van der Waals surface area contributed by atoms with Gasteiger partial charge in [0.2, 0.25) is 0 Å². The monoisotopic (exact) mass is 412 g/mol. The number of Topliss-reactive ketones (excluding diaryl/α,β-unsaturated/α-hetero) is 1. The van der Waals surface area contributed by atoms with Gasteiger partial charge < -0.3 is 4.57 Å². The van der Waals surface area contributed by atoms with Gasteiger partial charge in [0.25, 0.3) is 0 Å². The number of ketones is 1. The van der Waals surface area contributed by atoms with E-state index in [0.29, 0.717) is 23.7 Å². The van der Waals surface area contributed by atoms with Gasteiger partial charge in [-0.1, -0.05) is 60.3 Å². The summed E-state index contributed by atoms with van der Waals surface area (Å²) < 4.78 is 1.98. The van der Waals surface area contributed by atoms with Crippen molar-refractivity contribution in [2.45, 2.75) is 25.0 Å². The van der Waals surface area contributed by atoms with Crippen LogP contribution in [0.5, 0.6) is 0 Å². The number of fused-ring (bicyclic) bond motifs is 1. The number of benzene rings is 2. The first-order valence-electron chi connectivity index (χ1n) is 9.67. The number of thioether (sulfide) groups is 1. The molecule has 0 N–H and O–H groups in total. The number of para-hydroxylation sites is 1. The van der Waals surface area contributed by atoms with E-state index in [0.717, 1.165) is 27.9 Å². The lowest BCUT2D eigenvalue weighted by Crippen LogP contribution is -2.03. The fourth-order valence-electron chi connectivity index (χ4n) is 3.39. The molecule has 0 atom stereocenters. The van der Waals surface area contributed by atoms with Crippen LogP contribution in [-0.2, 0) is 6.54 Å². The molecule has 0 saturated carbocycles. The molecule has 0 aliphatic rings. The Hall–Kier alpha value is -3.43. The summed E-state index contributed by atoms with van der Waals surface area (Å²) in [6.07, 6.45) is 2.26. The smallest absolute Gasteiger partial charge is 0.188 e. The summed E-state index contributed by atoms with van der Waals surface area (Å²) in [5.41, 5.74) is 4.39. The number of aromatic nitrogens is 3. The Labute approximate surface area is 179 Å². The molecule has 0 bridgehead atoms. The SMILES string of the molecule is Cc1cc(-c2ccccc2)nc(SCC(=O)c2cn(CCC#N)c3ccccc23)n1. The maximum Gasteiger partial charge on any atom is 0.188 e. The van der Waals surface area contributed by atoms with Gasteiger partial charge >= 0.3 is 0 Å². The lowest BCUT2D eigenvalue weighted by molar-refractivity contribution is 0.102. The lowest BCUT2D eigenvalue weighted by atomic mass is 10.1. The summed E-state index contributed by atoms with van der Waals surface area (Å²) in [5.74, 6) is 0.280. The third-order valence-corrected chi connectivity index (χ3v) is 5.64. The summed E-state index contributed by atoms with van der Waals surface area (Å²) in [7, 11) is 0. The largest absolute Gasteiger partial charge is 0.346 e. The second-order valence-electron chi connectivity index (χ2n) is 6.92. The summed E-state index contributed by atoms with van der Waals surface area (Å²) in [6, 6.07) is 21.9. The number of nitriles is 1. The fourth-order valence-corrected chi connectivity index (χ4v) is 4.18. The molecular formula is C24H20N4OS. The second-order valence-corrected chi connectivity index (χ2v) is 7.86. The molecule has 0 saturated heterocycles. The van der Waals surface area contributed by atoms with E-state index in [1.54, 1.807) is 0 Å². The van der Waals surface area contributed by atoms with Crippen LogP contribution in [-0.4, -0.2) is 26.1 Å².